The van der Waals surface area contributed by atoms with Gasteiger partial charge in [0.2, 0.25) is 11.1 Å². The highest BCUT2D eigenvalue weighted by Gasteiger charge is 2.13. The van der Waals surface area contributed by atoms with Crippen LogP contribution in [0.3, 0.4) is 0 Å². The van der Waals surface area contributed by atoms with Crippen molar-refractivity contribution in [1.29, 1.82) is 0 Å². The zero-order chi connectivity index (χ0) is 19.9. The van der Waals surface area contributed by atoms with Gasteiger partial charge in [0.25, 0.3) is 0 Å². The number of nitrogens with one attached hydrogen (secondary N) is 1. The topological polar surface area (TPSA) is 100 Å². The van der Waals surface area contributed by atoms with E-state index < -0.39 is 0 Å². The van der Waals surface area contributed by atoms with Gasteiger partial charge in [0.15, 0.2) is 0 Å². The molecule has 0 radical (unpaired) electrons. The third kappa shape index (κ3) is 4.71. The van der Waals surface area contributed by atoms with Gasteiger partial charge in [-0.3, -0.25) is 4.79 Å². The summed E-state index contributed by atoms with van der Waals surface area (Å²) in [7, 11) is 4.69. The molecular weight excluding hydrogens is 382 g/mol. The minimum Gasteiger partial charge on any atom is -0.497 e. The number of rotatable bonds is 8. The van der Waals surface area contributed by atoms with Gasteiger partial charge in [0.05, 0.1) is 32.8 Å². The number of amides is 1. The Morgan fingerprint density at radius 2 is 1.75 bits per heavy atom. The van der Waals surface area contributed by atoms with Crippen LogP contribution < -0.4 is 19.5 Å². The minimum absolute atomic E-state index is 0.129. The van der Waals surface area contributed by atoms with Crippen LogP contribution in [0.1, 0.15) is 0 Å². The zero-order valence-corrected chi connectivity index (χ0v) is 16.4. The van der Waals surface area contributed by atoms with E-state index in [1.54, 1.807) is 44.2 Å². The largest absolute Gasteiger partial charge is 0.497 e. The molecule has 146 valence electrons. The maximum absolute atomic E-state index is 12.3. The third-order valence-electron chi connectivity index (χ3n) is 3.71. The molecule has 3 rings (SSSR count). The Labute approximate surface area is 166 Å². The number of anilines is 1. The number of thioether (sulfide) groups is 1. The monoisotopic (exact) mass is 401 g/mol. The fourth-order valence-corrected chi connectivity index (χ4v) is 3.07. The van der Waals surface area contributed by atoms with E-state index in [2.05, 4.69) is 20.8 Å². The molecule has 28 heavy (non-hydrogen) atoms. The number of methoxy groups -OCH3 is 3. The van der Waals surface area contributed by atoms with Gasteiger partial charge < -0.3 is 19.5 Å². The van der Waals surface area contributed by atoms with Gasteiger partial charge in [0.1, 0.15) is 17.2 Å². The molecule has 1 aromatic heterocycles. The van der Waals surface area contributed by atoms with Crippen LogP contribution in [0.5, 0.6) is 17.2 Å². The van der Waals surface area contributed by atoms with Crippen LogP contribution in [-0.2, 0) is 4.79 Å². The van der Waals surface area contributed by atoms with Crippen molar-refractivity contribution >= 4 is 23.4 Å². The van der Waals surface area contributed by atoms with Crippen LogP contribution in [0, 0.1) is 0 Å². The fraction of sp³-hybridized carbons (Fsp3) is 0.222. The number of tetrazole rings is 1. The summed E-state index contributed by atoms with van der Waals surface area (Å²) in [5, 5.41) is 15.0. The van der Waals surface area contributed by atoms with Crippen LogP contribution in [0.25, 0.3) is 5.69 Å². The molecule has 0 fully saturated rings. The lowest BCUT2D eigenvalue weighted by molar-refractivity contribution is -0.113. The molecule has 9 nitrogen and oxygen atoms in total. The molecule has 0 saturated heterocycles. The predicted molar refractivity (Wildman–Crippen MR) is 105 cm³/mol. The first-order chi connectivity index (χ1) is 13.6. The molecule has 1 heterocycles. The molecule has 1 amide bonds. The summed E-state index contributed by atoms with van der Waals surface area (Å²) in [6.07, 6.45) is 0. The second-order valence-corrected chi connectivity index (χ2v) is 6.46. The summed E-state index contributed by atoms with van der Waals surface area (Å²) < 4.78 is 17.2. The van der Waals surface area contributed by atoms with Crippen molar-refractivity contribution in [1.82, 2.24) is 20.2 Å². The first-order valence-corrected chi connectivity index (χ1v) is 9.20. The summed E-state index contributed by atoms with van der Waals surface area (Å²) in [6, 6.07) is 12.5. The fourth-order valence-electron chi connectivity index (χ4n) is 2.38. The number of aromatic nitrogens is 4. The van der Waals surface area contributed by atoms with Crippen molar-refractivity contribution < 1.29 is 19.0 Å². The van der Waals surface area contributed by atoms with Crippen LogP contribution in [-0.4, -0.2) is 53.2 Å². The van der Waals surface area contributed by atoms with E-state index in [1.807, 2.05) is 24.3 Å². The molecule has 10 heteroatoms. The van der Waals surface area contributed by atoms with E-state index in [9.17, 15) is 4.79 Å². The number of nitrogens with zero attached hydrogens (tertiary/aromatic N) is 4. The third-order valence-corrected chi connectivity index (χ3v) is 4.63. The first-order valence-electron chi connectivity index (χ1n) is 8.21. The Kier molecular flexibility index (Phi) is 6.33. The second-order valence-electron chi connectivity index (χ2n) is 5.51. The normalized spacial score (nSPS) is 10.4. The molecule has 0 bridgehead atoms. The number of benzene rings is 2. The molecule has 0 aliphatic heterocycles. The number of ether oxygens (including phenoxy) is 3. The lowest BCUT2D eigenvalue weighted by atomic mass is 10.2. The van der Waals surface area contributed by atoms with Gasteiger partial charge in [-0.05, 0) is 22.6 Å². The Hall–Kier alpha value is -3.27. The average molecular weight is 401 g/mol. The molecule has 0 aliphatic carbocycles. The summed E-state index contributed by atoms with van der Waals surface area (Å²) in [5.41, 5.74) is 1.32. The predicted octanol–water partition coefficient (Wildman–Crippen LogP) is 2.42. The highest BCUT2D eigenvalue weighted by atomic mass is 32.2. The number of hydrogen-bond acceptors (Lipinski definition) is 8. The van der Waals surface area contributed by atoms with Crippen molar-refractivity contribution in [2.75, 3.05) is 32.4 Å². The molecule has 0 spiro atoms. The van der Waals surface area contributed by atoms with Crippen LogP contribution in [0.2, 0.25) is 0 Å². The smallest absolute Gasteiger partial charge is 0.234 e. The molecule has 0 unspecified atom stereocenters. The summed E-state index contributed by atoms with van der Waals surface area (Å²) in [5.74, 6) is 1.78. The second kappa shape index (κ2) is 9.09. The number of carbonyl (C=O) groups is 1. The summed E-state index contributed by atoms with van der Waals surface area (Å²) >= 11 is 1.22. The molecule has 3 aromatic rings. The van der Waals surface area contributed by atoms with E-state index in [0.717, 1.165) is 5.69 Å². The molecule has 1 N–H and O–H groups in total. The van der Waals surface area contributed by atoms with Gasteiger partial charge in [-0.1, -0.05) is 17.8 Å². The number of hydrogen-bond donors (Lipinski definition) is 1. The SMILES string of the molecule is COc1cc(NC(=O)CSc2nnnn2-c2cccc(OC)c2)cc(OC)c1. The van der Waals surface area contributed by atoms with Gasteiger partial charge in [-0.25, -0.2) is 0 Å². The van der Waals surface area contributed by atoms with E-state index >= 15 is 0 Å². The average Bonchev–Trinajstić information content (AvgIpc) is 3.20. The van der Waals surface area contributed by atoms with Crippen molar-refractivity contribution in [2.45, 2.75) is 5.16 Å². The van der Waals surface area contributed by atoms with Crippen LogP contribution >= 0.6 is 11.8 Å². The molecule has 0 saturated carbocycles. The van der Waals surface area contributed by atoms with Crippen LogP contribution in [0.4, 0.5) is 5.69 Å². The highest BCUT2D eigenvalue weighted by Crippen LogP contribution is 2.26. The van der Waals surface area contributed by atoms with Crippen molar-refractivity contribution in [3.63, 3.8) is 0 Å². The van der Waals surface area contributed by atoms with Crippen molar-refractivity contribution in [2.24, 2.45) is 0 Å². The van der Waals surface area contributed by atoms with E-state index in [4.69, 9.17) is 14.2 Å². The van der Waals surface area contributed by atoms with Crippen LogP contribution in [0.15, 0.2) is 47.6 Å². The molecular formula is C18H19N5O4S. The Bertz CT molecular complexity index is 940. The quantitative estimate of drug-likeness (QED) is 0.575. The Morgan fingerprint density at radius 1 is 1.04 bits per heavy atom. The Morgan fingerprint density at radius 3 is 2.43 bits per heavy atom. The zero-order valence-electron chi connectivity index (χ0n) is 15.6. The summed E-state index contributed by atoms with van der Waals surface area (Å²) in [6.45, 7) is 0. The summed E-state index contributed by atoms with van der Waals surface area (Å²) in [4.78, 5) is 12.3. The number of carbonyl (C=O) groups excluding carboxylic acids is 1. The lowest BCUT2D eigenvalue weighted by Crippen LogP contribution is -2.14. The first kappa shape index (κ1) is 19.5. The van der Waals surface area contributed by atoms with E-state index in [1.165, 1.54) is 11.8 Å². The lowest BCUT2D eigenvalue weighted by Gasteiger charge is -2.10. The molecule has 2 aromatic carbocycles. The minimum atomic E-state index is -0.208. The van der Waals surface area contributed by atoms with Gasteiger partial charge in [0, 0.05) is 30.0 Å². The van der Waals surface area contributed by atoms with Gasteiger partial charge in [-0.15, -0.1) is 5.10 Å². The van der Waals surface area contributed by atoms with Gasteiger partial charge >= 0.3 is 0 Å². The highest BCUT2D eigenvalue weighted by molar-refractivity contribution is 7.99. The van der Waals surface area contributed by atoms with E-state index in [-0.39, 0.29) is 11.7 Å². The molecule has 0 aliphatic rings. The van der Waals surface area contributed by atoms with Gasteiger partial charge in [-0.2, -0.15) is 4.68 Å². The standard InChI is InChI=1S/C18H19N5O4S/c1-25-14-6-4-5-13(9-14)23-18(20-21-22-23)28-11-17(24)19-12-7-15(26-2)10-16(8-12)27-3/h4-10H,11H2,1-3H3,(H,19,24). The van der Waals surface area contributed by atoms with E-state index in [0.29, 0.717) is 28.1 Å². The van der Waals surface area contributed by atoms with Crippen molar-refractivity contribution in [3.05, 3.63) is 42.5 Å². The maximum Gasteiger partial charge on any atom is 0.234 e. The Balaban J connectivity index is 1.67. The maximum atomic E-state index is 12.3. The van der Waals surface area contributed by atoms with Crippen molar-refractivity contribution in [3.8, 4) is 22.9 Å². The molecule has 0 atom stereocenters.